The molecule has 1 amide bonds. The van der Waals surface area contributed by atoms with E-state index in [4.69, 9.17) is 9.47 Å². The Kier molecular flexibility index (Phi) is 7.11. The number of anilines is 1. The first-order valence-corrected chi connectivity index (χ1v) is 8.07. The Balaban J connectivity index is 1.61. The maximum Gasteiger partial charge on any atom is 0.238 e. The fourth-order valence-corrected chi connectivity index (χ4v) is 2.14. The van der Waals surface area contributed by atoms with Gasteiger partial charge < -0.3 is 20.1 Å². The molecule has 0 bridgehead atoms. The molecule has 0 unspecified atom stereocenters. The third-order valence-corrected chi connectivity index (χ3v) is 3.54. The molecule has 0 saturated heterocycles. The Morgan fingerprint density at radius 1 is 1.00 bits per heavy atom. The normalized spacial score (nSPS) is 10.2. The zero-order valence-corrected chi connectivity index (χ0v) is 14.2. The van der Waals surface area contributed by atoms with E-state index >= 15 is 0 Å². The molecule has 0 aromatic heterocycles. The van der Waals surface area contributed by atoms with E-state index < -0.39 is 0 Å². The van der Waals surface area contributed by atoms with Gasteiger partial charge in [-0.05, 0) is 48.4 Å². The predicted molar refractivity (Wildman–Crippen MR) is 95.8 cm³/mol. The van der Waals surface area contributed by atoms with Crippen LogP contribution in [0.1, 0.15) is 12.5 Å². The van der Waals surface area contributed by atoms with Crippen molar-refractivity contribution in [1.29, 1.82) is 0 Å². The average Bonchev–Trinajstić information content (AvgIpc) is 2.62. The van der Waals surface area contributed by atoms with Crippen molar-refractivity contribution in [1.82, 2.24) is 5.32 Å². The van der Waals surface area contributed by atoms with Crippen molar-refractivity contribution < 1.29 is 14.3 Å². The van der Waals surface area contributed by atoms with Gasteiger partial charge in [0.15, 0.2) is 0 Å². The molecule has 128 valence electrons. The number of amides is 1. The third-order valence-electron chi connectivity index (χ3n) is 3.54. The summed E-state index contributed by atoms with van der Waals surface area (Å²) in [5.41, 5.74) is 2.07. The molecule has 0 aliphatic heterocycles. The lowest BCUT2D eigenvalue weighted by molar-refractivity contribution is -0.115. The highest BCUT2D eigenvalue weighted by atomic mass is 16.5. The lowest BCUT2D eigenvalue weighted by Gasteiger charge is -2.09. The van der Waals surface area contributed by atoms with Gasteiger partial charge in [-0.3, -0.25) is 4.79 Å². The Hall–Kier alpha value is -2.53. The van der Waals surface area contributed by atoms with Crippen molar-refractivity contribution in [2.45, 2.75) is 13.3 Å². The fourth-order valence-electron chi connectivity index (χ4n) is 2.14. The molecular weight excluding hydrogens is 304 g/mol. The molecule has 0 spiro atoms. The summed E-state index contributed by atoms with van der Waals surface area (Å²) < 4.78 is 10.7. The molecule has 0 saturated carbocycles. The first-order chi connectivity index (χ1) is 11.7. The van der Waals surface area contributed by atoms with Gasteiger partial charge in [0.2, 0.25) is 5.91 Å². The van der Waals surface area contributed by atoms with Crippen LogP contribution in [-0.4, -0.2) is 32.7 Å². The summed E-state index contributed by atoms with van der Waals surface area (Å²) in [5, 5.41) is 5.92. The Bertz CT molecular complexity index is 624. The summed E-state index contributed by atoms with van der Waals surface area (Å²) >= 11 is 0. The minimum absolute atomic E-state index is 0.0660. The van der Waals surface area contributed by atoms with E-state index in [-0.39, 0.29) is 12.5 Å². The van der Waals surface area contributed by atoms with E-state index in [0.717, 1.165) is 23.6 Å². The quantitative estimate of drug-likeness (QED) is 0.695. The Morgan fingerprint density at radius 3 is 2.29 bits per heavy atom. The molecule has 2 aromatic carbocycles. The van der Waals surface area contributed by atoms with E-state index in [1.165, 1.54) is 5.56 Å². The Labute approximate surface area is 143 Å². The van der Waals surface area contributed by atoms with Gasteiger partial charge in [-0.15, -0.1) is 0 Å². The SMILES string of the molecule is CCc1ccc(NC(=O)CNCCOc2ccc(OC)cc2)cc1. The second kappa shape index (κ2) is 9.57. The zero-order chi connectivity index (χ0) is 17.2. The molecule has 2 rings (SSSR count). The average molecular weight is 328 g/mol. The van der Waals surface area contributed by atoms with Gasteiger partial charge >= 0.3 is 0 Å². The van der Waals surface area contributed by atoms with Crippen LogP contribution in [0.25, 0.3) is 0 Å². The summed E-state index contributed by atoms with van der Waals surface area (Å²) in [6, 6.07) is 15.3. The topological polar surface area (TPSA) is 59.6 Å². The van der Waals surface area contributed by atoms with Crippen LogP contribution in [0.5, 0.6) is 11.5 Å². The number of rotatable bonds is 9. The smallest absolute Gasteiger partial charge is 0.238 e. The number of nitrogens with one attached hydrogen (secondary N) is 2. The van der Waals surface area contributed by atoms with Crippen molar-refractivity contribution >= 4 is 11.6 Å². The van der Waals surface area contributed by atoms with Crippen LogP contribution in [0, 0.1) is 0 Å². The third kappa shape index (κ3) is 5.93. The molecule has 0 radical (unpaired) electrons. The number of methoxy groups -OCH3 is 1. The van der Waals surface area contributed by atoms with E-state index in [1.807, 2.05) is 48.5 Å². The molecule has 0 aliphatic carbocycles. The molecule has 5 heteroatoms. The summed E-state index contributed by atoms with van der Waals surface area (Å²) in [4.78, 5) is 11.8. The minimum Gasteiger partial charge on any atom is -0.497 e. The summed E-state index contributed by atoms with van der Waals surface area (Å²) in [7, 11) is 1.63. The number of aryl methyl sites for hydroxylation is 1. The second-order valence-corrected chi connectivity index (χ2v) is 5.30. The molecular formula is C19H24N2O3. The van der Waals surface area contributed by atoms with Crippen LogP contribution in [0.4, 0.5) is 5.69 Å². The summed E-state index contributed by atoms with van der Waals surface area (Å²) in [5.74, 6) is 1.51. The number of hydrogen-bond acceptors (Lipinski definition) is 4. The highest BCUT2D eigenvalue weighted by Gasteiger charge is 2.02. The zero-order valence-electron chi connectivity index (χ0n) is 14.2. The molecule has 0 aliphatic rings. The van der Waals surface area contributed by atoms with Crippen molar-refractivity contribution in [2.24, 2.45) is 0 Å². The monoisotopic (exact) mass is 328 g/mol. The van der Waals surface area contributed by atoms with Crippen LogP contribution < -0.4 is 20.1 Å². The van der Waals surface area contributed by atoms with Crippen molar-refractivity contribution in [3.63, 3.8) is 0 Å². The standard InChI is InChI=1S/C19H24N2O3/c1-3-15-4-6-16(7-5-15)21-19(22)14-20-12-13-24-18-10-8-17(23-2)9-11-18/h4-11,20H,3,12-14H2,1-2H3,(H,21,22). The first-order valence-electron chi connectivity index (χ1n) is 8.07. The van der Waals surface area contributed by atoms with Gasteiger partial charge in [-0.25, -0.2) is 0 Å². The van der Waals surface area contributed by atoms with Crippen LogP contribution in [0.3, 0.4) is 0 Å². The molecule has 0 atom stereocenters. The maximum absolute atomic E-state index is 11.8. The van der Waals surface area contributed by atoms with Gasteiger partial charge in [-0.1, -0.05) is 19.1 Å². The number of hydrogen-bond donors (Lipinski definition) is 2. The van der Waals surface area contributed by atoms with Crippen molar-refractivity contribution in [3.05, 3.63) is 54.1 Å². The van der Waals surface area contributed by atoms with Crippen molar-refractivity contribution in [2.75, 3.05) is 32.1 Å². The summed E-state index contributed by atoms with van der Waals surface area (Å²) in [6.45, 7) is 3.44. The molecule has 0 heterocycles. The van der Waals surface area contributed by atoms with Gasteiger partial charge in [0.05, 0.1) is 13.7 Å². The Morgan fingerprint density at radius 2 is 1.67 bits per heavy atom. The van der Waals surface area contributed by atoms with Crippen LogP contribution in [0.2, 0.25) is 0 Å². The second-order valence-electron chi connectivity index (χ2n) is 5.30. The molecule has 2 aromatic rings. The lowest BCUT2D eigenvalue weighted by Crippen LogP contribution is -2.31. The highest BCUT2D eigenvalue weighted by molar-refractivity contribution is 5.92. The fraction of sp³-hybridized carbons (Fsp3) is 0.316. The van der Waals surface area contributed by atoms with Crippen LogP contribution in [-0.2, 0) is 11.2 Å². The van der Waals surface area contributed by atoms with Gasteiger partial charge in [-0.2, -0.15) is 0 Å². The van der Waals surface area contributed by atoms with E-state index in [9.17, 15) is 4.79 Å². The number of carbonyl (C=O) groups excluding carboxylic acids is 1. The lowest BCUT2D eigenvalue weighted by atomic mass is 10.1. The van der Waals surface area contributed by atoms with Crippen molar-refractivity contribution in [3.8, 4) is 11.5 Å². The molecule has 0 fully saturated rings. The minimum atomic E-state index is -0.0660. The van der Waals surface area contributed by atoms with Crippen LogP contribution in [0.15, 0.2) is 48.5 Å². The predicted octanol–water partition coefficient (Wildman–Crippen LogP) is 2.86. The van der Waals surface area contributed by atoms with Gasteiger partial charge in [0, 0.05) is 12.2 Å². The first kappa shape index (κ1) is 17.8. The summed E-state index contributed by atoms with van der Waals surface area (Å²) in [6.07, 6.45) is 0.990. The van der Waals surface area contributed by atoms with Crippen LogP contribution >= 0.6 is 0 Å². The van der Waals surface area contributed by atoms with Gasteiger partial charge in [0.1, 0.15) is 18.1 Å². The van der Waals surface area contributed by atoms with E-state index in [1.54, 1.807) is 7.11 Å². The molecule has 5 nitrogen and oxygen atoms in total. The van der Waals surface area contributed by atoms with E-state index in [2.05, 4.69) is 17.6 Å². The molecule has 24 heavy (non-hydrogen) atoms. The number of carbonyl (C=O) groups is 1. The highest BCUT2D eigenvalue weighted by Crippen LogP contribution is 2.16. The number of ether oxygens (including phenoxy) is 2. The largest absolute Gasteiger partial charge is 0.497 e. The number of benzene rings is 2. The van der Waals surface area contributed by atoms with E-state index in [0.29, 0.717) is 13.2 Å². The van der Waals surface area contributed by atoms with Gasteiger partial charge in [0.25, 0.3) is 0 Å². The maximum atomic E-state index is 11.8. The molecule has 2 N–H and O–H groups in total.